The van der Waals surface area contributed by atoms with E-state index in [0.717, 1.165) is 12.1 Å². The third-order valence-electron chi connectivity index (χ3n) is 4.64. The lowest BCUT2D eigenvalue weighted by Gasteiger charge is -2.17. The molecule has 0 radical (unpaired) electrons. The molecule has 0 unspecified atom stereocenters. The molecule has 0 fully saturated rings. The van der Waals surface area contributed by atoms with Gasteiger partial charge in [-0.2, -0.15) is 0 Å². The van der Waals surface area contributed by atoms with Gasteiger partial charge in [0.2, 0.25) is 11.8 Å². The monoisotopic (exact) mass is 417 g/mol. The van der Waals surface area contributed by atoms with Crippen molar-refractivity contribution >= 4 is 34.8 Å². The van der Waals surface area contributed by atoms with Crippen molar-refractivity contribution in [3.8, 4) is 5.75 Å². The van der Waals surface area contributed by atoms with Crippen molar-refractivity contribution in [2.75, 3.05) is 37.9 Å². The van der Waals surface area contributed by atoms with Crippen LogP contribution < -0.4 is 15.4 Å². The molecule has 0 aliphatic carbocycles. The van der Waals surface area contributed by atoms with Crippen molar-refractivity contribution in [2.45, 2.75) is 26.2 Å². The maximum Gasteiger partial charge on any atom is 0.238 e. The van der Waals surface area contributed by atoms with Crippen molar-refractivity contribution in [3.63, 3.8) is 0 Å². The van der Waals surface area contributed by atoms with Crippen molar-refractivity contribution < 1.29 is 14.3 Å². The maximum atomic E-state index is 12.3. The Bertz CT molecular complexity index is 840. The number of nitrogens with one attached hydrogen (secondary N) is 2. The van der Waals surface area contributed by atoms with Crippen molar-refractivity contribution in [3.05, 3.63) is 53.1 Å². The molecule has 2 amide bonds. The molecule has 156 valence electrons. The van der Waals surface area contributed by atoms with Gasteiger partial charge in [0, 0.05) is 10.7 Å². The third kappa shape index (κ3) is 7.07. The number of methoxy groups -OCH3 is 1. The zero-order valence-electron chi connectivity index (χ0n) is 17.3. The molecule has 0 aromatic heterocycles. The summed E-state index contributed by atoms with van der Waals surface area (Å²) in [5.41, 5.74) is 2.48. The van der Waals surface area contributed by atoms with Gasteiger partial charge in [-0.25, -0.2) is 0 Å². The van der Waals surface area contributed by atoms with Gasteiger partial charge in [-0.1, -0.05) is 37.6 Å². The number of ether oxygens (including phenoxy) is 1. The maximum absolute atomic E-state index is 12.3. The van der Waals surface area contributed by atoms with Crippen LogP contribution in [0.3, 0.4) is 0 Å². The Morgan fingerprint density at radius 1 is 1.07 bits per heavy atom. The molecule has 1 atom stereocenters. The van der Waals surface area contributed by atoms with Crippen LogP contribution in [0, 0.1) is 0 Å². The van der Waals surface area contributed by atoms with Crippen LogP contribution in [0.25, 0.3) is 0 Å². The fraction of sp³-hybridized carbons (Fsp3) is 0.364. The number of hydrogen-bond donors (Lipinski definition) is 2. The van der Waals surface area contributed by atoms with E-state index in [0.29, 0.717) is 22.4 Å². The Hall–Kier alpha value is -2.57. The summed E-state index contributed by atoms with van der Waals surface area (Å²) >= 11 is 5.97. The van der Waals surface area contributed by atoms with Crippen LogP contribution >= 0.6 is 11.6 Å². The first-order chi connectivity index (χ1) is 13.8. The van der Waals surface area contributed by atoms with E-state index in [9.17, 15) is 9.59 Å². The van der Waals surface area contributed by atoms with Gasteiger partial charge in [-0.05, 0) is 55.3 Å². The van der Waals surface area contributed by atoms with E-state index in [1.165, 1.54) is 12.7 Å². The summed E-state index contributed by atoms with van der Waals surface area (Å²) in [6.07, 6.45) is 1.07. The number of anilines is 2. The van der Waals surface area contributed by atoms with E-state index in [2.05, 4.69) is 24.5 Å². The van der Waals surface area contributed by atoms with E-state index in [-0.39, 0.29) is 24.9 Å². The first kappa shape index (κ1) is 22.7. The van der Waals surface area contributed by atoms with Crippen LogP contribution in [0.5, 0.6) is 5.75 Å². The highest BCUT2D eigenvalue weighted by Gasteiger charge is 2.13. The average Bonchev–Trinajstić information content (AvgIpc) is 2.67. The number of rotatable bonds is 9. The van der Waals surface area contributed by atoms with Gasteiger partial charge in [0.15, 0.2) is 0 Å². The highest BCUT2D eigenvalue weighted by molar-refractivity contribution is 6.31. The second kappa shape index (κ2) is 10.8. The van der Waals surface area contributed by atoms with Crippen molar-refractivity contribution in [1.82, 2.24) is 4.90 Å². The summed E-state index contributed by atoms with van der Waals surface area (Å²) in [5, 5.41) is 6.11. The van der Waals surface area contributed by atoms with Gasteiger partial charge in [0.1, 0.15) is 5.75 Å². The quantitative estimate of drug-likeness (QED) is 0.635. The van der Waals surface area contributed by atoms with E-state index < -0.39 is 0 Å². The number of hydrogen-bond acceptors (Lipinski definition) is 4. The molecule has 7 heteroatoms. The van der Waals surface area contributed by atoms with Gasteiger partial charge >= 0.3 is 0 Å². The molecule has 0 saturated carbocycles. The van der Waals surface area contributed by atoms with Crippen LogP contribution in [0.4, 0.5) is 11.4 Å². The summed E-state index contributed by atoms with van der Waals surface area (Å²) in [5.74, 6) is 0.558. The minimum atomic E-state index is -0.265. The fourth-order valence-corrected chi connectivity index (χ4v) is 3.02. The van der Waals surface area contributed by atoms with Gasteiger partial charge in [0.25, 0.3) is 0 Å². The van der Waals surface area contributed by atoms with Crippen LogP contribution in [0.15, 0.2) is 42.5 Å². The largest absolute Gasteiger partial charge is 0.495 e. The average molecular weight is 418 g/mol. The number of carbonyl (C=O) groups excluding carboxylic acids is 2. The highest BCUT2D eigenvalue weighted by atomic mass is 35.5. The fourth-order valence-electron chi connectivity index (χ4n) is 2.85. The standard InChI is InChI=1S/C22H28ClN3O3/c1-5-15(2)16-6-9-18(10-7-16)24-21(27)13-26(3)14-22(28)25-19-12-17(23)8-11-20(19)29-4/h6-12,15H,5,13-14H2,1-4H3,(H,24,27)(H,25,28)/t15-/m1/s1. The molecule has 0 bridgehead atoms. The number of amides is 2. The molecule has 0 saturated heterocycles. The van der Waals surface area contributed by atoms with Gasteiger partial charge in [0.05, 0.1) is 25.9 Å². The summed E-state index contributed by atoms with van der Waals surface area (Å²) in [6.45, 7) is 4.46. The van der Waals surface area contributed by atoms with Gasteiger partial charge < -0.3 is 15.4 Å². The lowest BCUT2D eigenvalue weighted by molar-refractivity contribution is -0.119. The summed E-state index contributed by atoms with van der Waals surface area (Å²) in [7, 11) is 3.23. The molecular formula is C22H28ClN3O3. The number of halogens is 1. The Morgan fingerprint density at radius 3 is 2.28 bits per heavy atom. The number of likely N-dealkylation sites (N-methyl/N-ethyl adjacent to an activating group) is 1. The zero-order valence-corrected chi connectivity index (χ0v) is 18.0. The molecule has 2 rings (SSSR count). The summed E-state index contributed by atoms with van der Waals surface area (Å²) < 4.78 is 5.22. The third-order valence-corrected chi connectivity index (χ3v) is 4.87. The highest BCUT2D eigenvalue weighted by Crippen LogP contribution is 2.27. The van der Waals surface area contributed by atoms with Gasteiger partial charge in [-0.3, -0.25) is 14.5 Å². The molecule has 2 aromatic carbocycles. The Morgan fingerprint density at radius 2 is 1.69 bits per heavy atom. The Balaban J connectivity index is 1.85. The Labute approximate surface area is 177 Å². The molecule has 2 aromatic rings. The van der Waals surface area contributed by atoms with E-state index >= 15 is 0 Å². The lowest BCUT2D eigenvalue weighted by Crippen LogP contribution is -2.36. The van der Waals surface area contributed by atoms with Crippen LogP contribution in [-0.4, -0.2) is 44.0 Å². The number of benzene rings is 2. The van der Waals surface area contributed by atoms with E-state index in [4.69, 9.17) is 16.3 Å². The molecule has 0 aliphatic rings. The number of carbonyl (C=O) groups is 2. The van der Waals surface area contributed by atoms with E-state index in [1.807, 2.05) is 24.3 Å². The van der Waals surface area contributed by atoms with Crippen molar-refractivity contribution in [2.24, 2.45) is 0 Å². The predicted molar refractivity (Wildman–Crippen MR) is 118 cm³/mol. The minimum absolute atomic E-state index is 0.0516. The number of nitrogens with zero attached hydrogens (tertiary/aromatic N) is 1. The summed E-state index contributed by atoms with van der Waals surface area (Å²) in [4.78, 5) is 26.2. The van der Waals surface area contributed by atoms with Crippen LogP contribution in [0.1, 0.15) is 31.7 Å². The normalized spacial score (nSPS) is 11.8. The smallest absolute Gasteiger partial charge is 0.238 e. The SMILES string of the molecule is CC[C@@H](C)c1ccc(NC(=O)CN(C)CC(=O)Nc2cc(Cl)ccc2OC)cc1. The molecule has 0 heterocycles. The predicted octanol–water partition coefficient (Wildman–Crippen LogP) is 4.37. The minimum Gasteiger partial charge on any atom is -0.495 e. The Kier molecular flexibility index (Phi) is 8.49. The molecule has 0 aliphatic heterocycles. The van der Waals surface area contributed by atoms with E-state index in [1.54, 1.807) is 30.1 Å². The van der Waals surface area contributed by atoms with Crippen molar-refractivity contribution in [1.29, 1.82) is 0 Å². The topological polar surface area (TPSA) is 70.7 Å². The molecule has 2 N–H and O–H groups in total. The second-order valence-electron chi connectivity index (χ2n) is 7.04. The molecule has 6 nitrogen and oxygen atoms in total. The van der Waals surface area contributed by atoms with Crippen LogP contribution in [-0.2, 0) is 9.59 Å². The molecular weight excluding hydrogens is 390 g/mol. The summed E-state index contributed by atoms with van der Waals surface area (Å²) in [6, 6.07) is 12.8. The first-order valence-electron chi connectivity index (χ1n) is 9.54. The zero-order chi connectivity index (χ0) is 21.4. The van der Waals surface area contributed by atoms with Crippen LogP contribution in [0.2, 0.25) is 5.02 Å². The first-order valence-corrected chi connectivity index (χ1v) is 9.92. The molecule has 29 heavy (non-hydrogen) atoms. The molecule has 0 spiro atoms. The second-order valence-corrected chi connectivity index (χ2v) is 7.48. The lowest BCUT2D eigenvalue weighted by atomic mass is 9.99. The van der Waals surface area contributed by atoms with Gasteiger partial charge in [-0.15, -0.1) is 0 Å².